The summed E-state index contributed by atoms with van der Waals surface area (Å²) >= 11 is 1.56. The maximum atomic E-state index is 11.7. The zero-order chi connectivity index (χ0) is 13.0. The van der Waals surface area contributed by atoms with Gasteiger partial charge in [0.1, 0.15) is 0 Å². The van der Waals surface area contributed by atoms with Crippen molar-refractivity contribution in [3.05, 3.63) is 40.3 Å². The average molecular weight is 262 g/mol. The number of thiazole rings is 1. The number of aromatic nitrogens is 1. The Hall–Kier alpha value is -2.08. The highest BCUT2D eigenvalue weighted by atomic mass is 32.1. The predicted octanol–water partition coefficient (Wildman–Crippen LogP) is 1.70. The molecule has 2 rings (SSSR count). The Morgan fingerprint density at radius 1 is 1.50 bits per heavy atom. The Balaban J connectivity index is 2.19. The number of hydrogen-bond donors (Lipinski definition) is 3. The van der Waals surface area contributed by atoms with Crippen LogP contribution in [0, 0.1) is 0 Å². The van der Waals surface area contributed by atoms with Crippen LogP contribution in [0.15, 0.2) is 29.9 Å². The second-order valence-electron chi connectivity index (χ2n) is 3.71. The third-order valence-corrected chi connectivity index (χ3v) is 3.23. The molecule has 1 aromatic carbocycles. The Kier molecular flexibility index (Phi) is 3.78. The molecule has 0 atom stereocenters. The average Bonchev–Trinajstić information content (AvgIpc) is 2.88. The van der Waals surface area contributed by atoms with Crippen LogP contribution < -0.4 is 16.4 Å². The van der Waals surface area contributed by atoms with Crippen LogP contribution >= 0.6 is 11.3 Å². The monoisotopic (exact) mass is 262 g/mol. The standard InChI is InChI=1S/C12H14N4OS/c1-14-12(17)10-3-2-8(13)4-11(10)16-6-9-5-15-7-18-9/h2-5,7,16H,6,13H2,1H3,(H,14,17). The van der Waals surface area contributed by atoms with E-state index in [1.54, 1.807) is 48.3 Å². The van der Waals surface area contributed by atoms with Crippen molar-refractivity contribution in [3.8, 4) is 0 Å². The van der Waals surface area contributed by atoms with E-state index in [4.69, 9.17) is 5.73 Å². The zero-order valence-corrected chi connectivity index (χ0v) is 10.8. The number of anilines is 2. The summed E-state index contributed by atoms with van der Waals surface area (Å²) in [5, 5.41) is 5.81. The zero-order valence-electron chi connectivity index (χ0n) is 9.93. The molecular formula is C12H14N4OS. The van der Waals surface area contributed by atoms with Crippen molar-refractivity contribution in [2.45, 2.75) is 6.54 Å². The van der Waals surface area contributed by atoms with E-state index in [2.05, 4.69) is 15.6 Å². The first kappa shape index (κ1) is 12.4. The minimum absolute atomic E-state index is 0.137. The van der Waals surface area contributed by atoms with Crippen LogP contribution in [-0.2, 0) is 6.54 Å². The number of benzene rings is 1. The summed E-state index contributed by atoms with van der Waals surface area (Å²) in [6, 6.07) is 5.18. The number of hydrogen-bond acceptors (Lipinski definition) is 5. The van der Waals surface area contributed by atoms with Crippen LogP contribution in [0.25, 0.3) is 0 Å². The summed E-state index contributed by atoms with van der Waals surface area (Å²) in [4.78, 5) is 16.8. The van der Waals surface area contributed by atoms with Crippen LogP contribution in [0.4, 0.5) is 11.4 Å². The summed E-state index contributed by atoms with van der Waals surface area (Å²) in [5.74, 6) is -0.137. The van der Waals surface area contributed by atoms with E-state index in [1.807, 2.05) is 0 Å². The van der Waals surface area contributed by atoms with Gasteiger partial charge in [0.05, 0.1) is 17.6 Å². The number of carbonyl (C=O) groups is 1. The lowest BCUT2D eigenvalue weighted by Gasteiger charge is -2.11. The highest BCUT2D eigenvalue weighted by molar-refractivity contribution is 7.09. The first-order valence-corrected chi connectivity index (χ1v) is 6.31. The van der Waals surface area contributed by atoms with Gasteiger partial charge in [0.25, 0.3) is 5.91 Å². The van der Waals surface area contributed by atoms with Crippen molar-refractivity contribution in [1.82, 2.24) is 10.3 Å². The number of carbonyl (C=O) groups excluding carboxylic acids is 1. The lowest BCUT2D eigenvalue weighted by atomic mass is 10.1. The highest BCUT2D eigenvalue weighted by Crippen LogP contribution is 2.20. The van der Waals surface area contributed by atoms with Crippen molar-refractivity contribution >= 4 is 28.6 Å². The summed E-state index contributed by atoms with van der Waals surface area (Å²) in [7, 11) is 1.60. The van der Waals surface area contributed by atoms with Crippen molar-refractivity contribution in [2.75, 3.05) is 18.1 Å². The molecule has 0 saturated carbocycles. The van der Waals surface area contributed by atoms with Crippen molar-refractivity contribution < 1.29 is 4.79 Å². The van der Waals surface area contributed by atoms with Crippen LogP contribution in [0.2, 0.25) is 0 Å². The Morgan fingerprint density at radius 3 is 3.00 bits per heavy atom. The van der Waals surface area contributed by atoms with E-state index in [-0.39, 0.29) is 5.91 Å². The number of nitrogens with zero attached hydrogens (tertiary/aromatic N) is 1. The van der Waals surface area contributed by atoms with Gasteiger partial charge in [-0.3, -0.25) is 9.78 Å². The third-order valence-electron chi connectivity index (χ3n) is 2.45. The van der Waals surface area contributed by atoms with Crippen molar-refractivity contribution in [2.24, 2.45) is 0 Å². The SMILES string of the molecule is CNC(=O)c1ccc(N)cc1NCc1cncs1. The van der Waals surface area contributed by atoms with Gasteiger partial charge in [-0.2, -0.15) is 0 Å². The van der Waals surface area contributed by atoms with E-state index >= 15 is 0 Å². The molecule has 0 spiro atoms. The van der Waals surface area contributed by atoms with Crippen LogP contribution in [-0.4, -0.2) is 17.9 Å². The molecule has 6 heteroatoms. The number of nitrogens with two attached hydrogens (primary N) is 1. The molecule has 4 N–H and O–H groups in total. The van der Waals surface area contributed by atoms with Gasteiger partial charge in [-0.25, -0.2) is 0 Å². The van der Waals surface area contributed by atoms with Gasteiger partial charge < -0.3 is 16.4 Å². The van der Waals surface area contributed by atoms with Gasteiger partial charge in [-0.15, -0.1) is 11.3 Å². The largest absolute Gasteiger partial charge is 0.399 e. The van der Waals surface area contributed by atoms with Crippen LogP contribution in [0.3, 0.4) is 0 Å². The normalized spacial score (nSPS) is 10.1. The Morgan fingerprint density at radius 2 is 2.33 bits per heavy atom. The maximum Gasteiger partial charge on any atom is 0.253 e. The number of amides is 1. The summed E-state index contributed by atoms with van der Waals surface area (Å²) in [6.45, 7) is 0.623. The lowest BCUT2D eigenvalue weighted by Crippen LogP contribution is -2.19. The van der Waals surface area contributed by atoms with Gasteiger partial charge in [0, 0.05) is 29.5 Å². The topological polar surface area (TPSA) is 80.0 Å². The minimum atomic E-state index is -0.137. The molecule has 0 aliphatic rings. The molecule has 1 heterocycles. The smallest absolute Gasteiger partial charge is 0.253 e. The molecule has 0 aliphatic heterocycles. The molecule has 0 fully saturated rings. The number of nitrogens with one attached hydrogen (secondary N) is 2. The number of rotatable bonds is 4. The molecule has 94 valence electrons. The molecule has 2 aromatic rings. The fraction of sp³-hybridized carbons (Fsp3) is 0.167. The summed E-state index contributed by atoms with van der Waals surface area (Å²) < 4.78 is 0. The third kappa shape index (κ3) is 2.78. The molecule has 1 aromatic heterocycles. The molecular weight excluding hydrogens is 248 g/mol. The van der Waals surface area contributed by atoms with E-state index in [1.165, 1.54) is 0 Å². The fourth-order valence-corrected chi connectivity index (χ4v) is 2.09. The van der Waals surface area contributed by atoms with Gasteiger partial charge in [0.2, 0.25) is 0 Å². The second-order valence-corrected chi connectivity index (χ2v) is 4.68. The highest BCUT2D eigenvalue weighted by Gasteiger charge is 2.10. The summed E-state index contributed by atoms with van der Waals surface area (Å²) in [6.07, 6.45) is 1.80. The van der Waals surface area contributed by atoms with E-state index in [0.29, 0.717) is 17.8 Å². The lowest BCUT2D eigenvalue weighted by molar-refractivity contribution is 0.0964. The van der Waals surface area contributed by atoms with E-state index in [9.17, 15) is 4.79 Å². The van der Waals surface area contributed by atoms with E-state index < -0.39 is 0 Å². The van der Waals surface area contributed by atoms with Gasteiger partial charge in [-0.05, 0) is 18.2 Å². The molecule has 0 bridgehead atoms. The molecule has 18 heavy (non-hydrogen) atoms. The van der Waals surface area contributed by atoms with E-state index in [0.717, 1.165) is 10.6 Å². The van der Waals surface area contributed by atoms with Crippen LogP contribution in [0.1, 0.15) is 15.2 Å². The first-order valence-electron chi connectivity index (χ1n) is 5.43. The molecule has 0 radical (unpaired) electrons. The number of nitrogen functional groups attached to an aromatic ring is 1. The van der Waals surface area contributed by atoms with Crippen molar-refractivity contribution in [3.63, 3.8) is 0 Å². The second kappa shape index (κ2) is 5.50. The fourth-order valence-electron chi connectivity index (χ4n) is 1.55. The molecule has 0 saturated heterocycles. The minimum Gasteiger partial charge on any atom is -0.399 e. The van der Waals surface area contributed by atoms with Gasteiger partial charge >= 0.3 is 0 Å². The molecule has 5 nitrogen and oxygen atoms in total. The first-order chi connectivity index (χ1) is 8.70. The molecule has 1 amide bonds. The quantitative estimate of drug-likeness (QED) is 0.733. The van der Waals surface area contributed by atoms with Gasteiger partial charge in [0.15, 0.2) is 0 Å². The van der Waals surface area contributed by atoms with Crippen molar-refractivity contribution in [1.29, 1.82) is 0 Å². The maximum absolute atomic E-state index is 11.7. The Labute approximate surface area is 109 Å². The van der Waals surface area contributed by atoms with Crippen LogP contribution in [0.5, 0.6) is 0 Å². The molecule has 0 aliphatic carbocycles. The predicted molar refractivity (Wildman–Crippen MR) is 73.7 cm³/mol. The Bertz CT molecular complexity index is 539. The summed E-state index contributed by atoms with van der Waals surface area (Å²) in [5.41, 5.74) is 9.43. The molecule has 0 unspecified atom stereocenters. The van der Waals surface area contributed by atoms with Gasteiger partial charge in [-0.1, -0.05) is 0 Å².